The molecule has 1 aliphatic rings. The van der Waals surface area contributed by atoms with Crippen molar-refractivity contribution in [2.24, 2.45) is 0 Å². The maximum Gasteiger partial charge on any atom is 0.256 e. The molecule has 3 heterocycles. The number of rotatable bonds is 7. The van der Waals surface area contributed by atoms with Crippen LogP contribution in [0.4, 0.5) is 0 Å². The first-order chi connectivity index (χ1) is 20.6. The van der Waals surface area contributed by atoms with Gasteiger partial charge in [-0.15, -0.1) is 0 Å². The van der Waals surface area contributed by atoms with Crippen molar-refractivity contribution in [2.75, 3.05) is 33.2 Å². The van der Waals surface area contributed by atoms with E-state index in [4.69, 9.17) is 0 Å². The van der Waals surface area contributed by atoms with E-state index in [-0.39, 0.29) is 5.91 Å². The molecule has 1 aliphatic heterocycles. The fraction of sp³-hybridized carbons (Fsp3) is 0.222. The van der Waals surface area contributed by atoms with Crippen molar-refractivity contribution >= 4 is 27.5 Å². The van der Waals surface area contributed by atoms with Gasteiger partial charge in [0.1, 0.15) is 0 Å². The van der Waals surface area contributed by atoms with Gasteiger partial charge in [-0.1, -0.05) is 84.9 Å². The molecule has 6 nitrogen and oxygen atoms in total. The topological polar surface area (TPSA) is 46.3 Å². The Hall–Kier alpha value is -4.68. The molecule has 0 bridgehead atoms. The predicted octanol–water partition coefficient (Wildman–Crippen LogP) is 6.34. The van der Waals surface area contributed by atoms with Crippen molar-refractivity contribution in [3.8, 4) is 11.1 Å². The molecule has 1 saturated heterocycles. The average molecular weight is 554 g/mol. The van der Waals surface area contributed by atoms with Crippen LogP contribution in [0.25, 0.3) is 32.7 Å². The molecule has 7 rings (SSSR count). The highest BCUT2D eigenvalue weighted by Crippen LogP contribution is 2.33. The van der Waals surface area contributed by atoms with Gasteiger partial charge in [0.15, 0.2) is 0 Å². The van der Waals surface area contributed by atoms with Crippen molar-refractivity contribution in [2.45, 2.75) is 19.5 Å². The summed E-state index contributed by atoms with van der Waals surface area (Å²) in [6.45, 7) is 4.77. The van der Waals surface area contributed by atoms with Crippen molar-refractivity contribution < 1.29 is 4.79 Å². The standard InChI is InChI=1S/C36H35N5O/c1-38-18-20-40(21-19-38)36(42)35-25-39(24-34(35)33-15-7-12-28-9-3-5-14-32(28)33)23-30-22-37-26-41(30)17-16-29-11-6-10-27-8-2-4-13-31(27)29/h2-15,22,24-26H,16-21,23H2,1H3. The van der Waals surface area contributed by atoms with Crippen LogP contribution in [0.2, 0.25) is 0 Å². The fourth-order valence-electron chi connectivity index (χ4n) is 6.24. The summed E-state index contributed by atoms with van der Waals surface area (Å²) in [4.78, 5) is 22.7. The Kier molecular flexibility index (Phi) is 7.06. The number of aryl methyl sites for hydroxylation is 2. The van der Waals surface area contributed by atoms with Crippen LogP contribution >= 0.6 is 0 Å². The van der Waals surface area contributed by atoms with E-state index in [0.29, 0.717) is 6.54 Å². The van der Waals surface area contributed by atoms with Gasteiger partial charge >= 0.3 is 0 Å². The predicted molar refractivity (Wildman–Crippen MR) is 170 cm³/mol. The second-order valence-electron chi connectivity index (χ2n) is 11.3. The average Bonchev–Trinajstić information content (AvgIpc) is 3.66. The summed E-state index contributed by atoms with van der Waals surface area (Å²) >= 11 is 0. The highest BCUT2D eigenvalue weighted by atomic mass is 16.2. The molecular weight excluding hydrogens is 518 g/mol. The second kappa shape index (κ2) is 11.3. The van der Waals surface area contributed by atoms with E-state index in [2.05, 4.69) is 117 Å². The zero-order valence-corrected chi connectivity index (χ0v) is 24.0. The summed E-state index contributed by atoms with van der Waals surface area (Å²) < 4.78 is 4.40. The Morgan fingerprint density at radius 2 is 1.45 bits per heavy atom. The molecular formula is C36H35N5O. The minimum atomic E-state index is 0.106. The lowest BCUT2D eigenvalue weighted by Crippen LogP contribution is -2.47. The van der Waals surface area contributed by atoms with Crippen LogP contribution in [0, 0.1) is 0 Å². The molecule has 2 aromatic heterocycles. The summed E-state index contributed by atoms with van der Waals surface area (Å²) in [5, 5.41) is 4.91. The molecule has 0 radical (unpaired) electrons. The van der Waals surface area contributed by atoms with Crippen LogP contribution < -0.4 is 0 Å². The summed E-state index contributed by atoms with van der Waals surface area (Å²) in [5.74, 6) is 0.106. The molecule has 0 N–H and O–H groups in total. The summed E-state index contributed by atoms with van der Waals surface area (Å²) in [6.07, 6.45) is 8.98. The molecule has 6 heteroatoms. The van der Waals surface area contributed by atoms with Crippen molar-refractivity contribution in [3.05, 3.63) is 127 Å². The van der Waals surface area contributed by atoms with Crippen LogP contribution in [0.1, 0.15) is 21.6 Å². The molecule has 4 aromatic carbocycles. The molecule has 42 heavy (non-hydrogen) atoms. The lowest BCUT2D eigenvalue weighted by Gasteiger charge is -2.32. The highest BCUT2D eigenvalue weighted by molar-refractivity contribution is 6.06. The number of likely N-dealkylation sites (N-methyl/N-ethyl adjacent to an activating group) is 1. The summed E-state index contributed by atoms with van der Waals surface area (Å²) in [5.41, 5.74) is 5.30. The van der Waals surface area contributed by atoms with Crippen molar-refractivity contribution in [3.63, 3.8) is 0 Å². The van der Waals surface area contributed by atoms with Crippen LogP contribution in [-0.2, 0) is 19.5 Å². The Labute approximate surface area is 246 Å². The third-order valence-electron chi connectivity index (χ3n) is 8.63. The Bertz CT molecular complexity index is 1860. The van der Waals surface area contributed by atoms with E-state index >= 15 is 0 Å². The highest BCUT2D eigenvalue weighted by Gasteiger charge is 2.25. The first kappa shape index (κ1) is 26.2. The number of hydrogen-bond acceptors (Lipinski definition) is 3. The number of fused-ring (bicyclic) bond motifs is 2. The van der Waals surface area contributed by atoms with E-state index in [1.54, 1.807) is 0 Å². The first-order valence-corrected chi connectivity index (χ1v) is 14.8. The Balaban J connectivity index is 1.20. The van der Waals surface area contributed by atoms with Crippen LogP contribution in [-0.4, -0.2) is 63.1 Å². The third kappa shape index (κ3) is 5.10. The summed E-state index contributed by atoms with van der Waals surface area (Å²) in [6, 6.07) is 29.9. The lowest BCUT2D eigenvalue weighted by molar-refractivity contribution is 0.0665. The van der Waals surface area contributed by atoms with Gasteiger partial charge in [-0.3, -0.25) is 4.79 Å². The normalized spacial score (nSPS) is 14.2. The maximum absolute atomic E-state index is 14.0. The van der Waals surface area contributed by atoms with Crippen LogP contribution in [0.3, 0.4) is 0 Å². The third-order valence-corrected chi connectivity index (χ3v) is 8.63. The molecule has 210 valence electrons. The maximum atomic E-state index is 14.0. The first-order valence-electron chi connectivity index (χ1n) is 14.8. The van der Waals surface area contributed by atoms with Gasteiger partial charge in [0.2, 0.25) is 0 Å². The quantitative estimate of drug-likeness (QED) is 0.232. The minimum Gasteiger partial charge on any atom is -0.347 e. The summed E-state index contributed by atoms with van der Waals surface area (Å²) in [7, 11) is 2.11. The van der Waals surface area contributed by atoms with Crippen molar-refractivity contribution in [1.29, 1.82) is 0 Å². The number of hydrogen-bond donors (Lipinski definition) is 0. The largest absolute Gasteiger partial charge is 0.347 e. The fourth-order valence-corrected chi connectivity index (χ4v) is 6.24. The van der Waals surface area contributed by atoms with E-state index in [9.17, 15) is 4.79 Å². The van der Waals surface area contributed by atoms with Gasteiger partial charge in [0, 0.05) is 56.9 Å². The molecule has 0 atom stereocenters. The number of imidazole rings is 1. The van der Waals surface area contributed by atoms with E-state index < -0.39 is 0 Å². The van der Waals surface area contributed by atoms with Gasteiger partial charge in [0.25, 0.3) is 5.91 Å². The van der Waals surface area contributed by atoms with Crippen LogP contribution in [0.15, 0.2) is 110 Å². The molecule has 1 fully saturated rings. The number of piperazine rings is 1. The van der Waals surface area contributed by atoms with Gasteiger partial charge in [0.05, 0.1) is 24.1 Å². The Morgan fingerprint density at radius 3 is 2.26 bits per heavy atom. The second-order valence-corrected chi connectivity index (χ2v) is 11.3. The van der Waals surface area contributed by atoms with E-state index in [0.717, 1.165) is 66.9 Å². The lowest BCUT2D eigenvalue weighted by atomic mass is 9.97. The number of nitrogens with zero attached hydrogens (tertiary/aromatic N) is 5. The number of amides is 1. The molecule has 0 unspecified atom stereocenters. The SMILES string of the molecule is CN1CCN(C(=O)c2cn(Cc3cncn3CCc3cccc4ccccc34)cc2-c2cccc3ccccc23)CC1. The number of aromatic nitrogens is 3. The van der Waals surface area contributed by atoms with Gasteiger partial charge in [-0.05, 0) is 46.1 Å². The number of benzene rings is 4. The van der Waals surface area contributed by atoms with E-state index in [1.165, 1.54) is 21.7 Å². The molecule has 6 aromatic rings. The van der Waals surface area contributed by atoms with Crippen LogP contribution in [0.5, 0.6) is 0 Å². The number of carbonyl (C=O) groups is 1. The minimum absolute atomic E-state index is 0.106. The zero-order chi connectivity index (χ0) is 28.5. The molecule has 0 saturated carbocycles. The van der Waals surface area contributed by atoms with Gasteiger partial charge < -0.3 is 18.9 Å². The molecule has 0 spiro atoms. The Morgan fingerprint density at radius 1 is 0.762 bits per heavy atom. The molecule has 0 aliphatic carbocycles. The van der Waals surface area contributed by atoms with Gasteiger partial charge in [-0.2, -0.15) is 0 Å². The van der Waals surface area contributed by atoms with Gasteiger partial charge in [-0.25, -0.2) is 4.98 Å². The molecule has 1 amide bonds. The number of carbonyl (C=O) groups excluding carboxylic acids is 1. The smallest absolute Gasteiger partial charge is 0.256 e. The van der Waals surface area contributed by atoms with E-state index in [1.807, 2.05) is 23.6 Å². The van der Waals surface area contributed by atoms with Crippen molar-refractivity contribution in [1.82, 2.24) is 23.9 Å². The monoisotopic (exact) mass is 553 g/mol. The zero-order valence-electron chi connectivity index (χ0n) is 24.0.